The van der Waals surface area contributed by atoms with E-state index in [2.05, 4.69) is 0 Å². The van der Waals surface area contributed by atoms with Crippen molar-refractivity contribution >= 4 is 23.2 Å². The summed E-state index contributed by atoms with van der Waals surface area (Å²) in [4.78, 5) is 0. The summed E-state index contributed by atoms with van der Waals surface area (Å²) in [5, 5.41) is 0.733. The Morgan fingerprint density at radius 1 is 0.947 bits per heavy atom. The van der Waals surface area contributed by atoms with Gasteiger partial charge in [-0.1, -0.05) is 35.9 Å². The van der Waals surface area contributed by atoms with E-state index in [0.717, 1.165) is 29.0 Å². The second-order valence-electron chi connectivity index (χ2n) is 4.69. The van der Waals surface area contributed by atoms with Gasteiger partial charge in [-0.3, -0.25) is 0 Å². The fraction of sp³-hybridized carbons (Fsp3) is 0.250. The zero-order chi connectivity index (χ0) is 13.7. The van der Waals surface area contributed by atoms with Crippen LogP contribution in [-0.4, -0.2) is 5.88 Å². The van der Waals surface area contributed by atoms with E-state index in [1.54, 1.807) is 12.1 Å². The lowest BCUT2D eigenvalue weighted by Gasteiger charge is -2.14. The summed E-state index contributed by atoms with van der Waals surface area (Å²) >= 11 is 12.0. The van der Waals surface area contributed by atoms with E-state index >= 15 is 0 Å². The molecule has 0 fully saturated rings. The first-order chi connectivity index (χ1) is 9.17. The van der Waals surface area contributed by atoms with Crippen molar-refractivity contribution in [1.82, 2.24) is 0 Å². The predicted octanol–water partition coefficient (Wildman–Crippen LogP) is 5.12. The zero-order valence-electron chi connectivity index (χ0n) is 10.5. The molecule has 0 saturated heterocycles. The predicted molar refractivity (Wildman–Crippen MR) is 79.5 cm³/mol. The molecule has 0 aliphatic carbocycles. The van der Waals surface area contributed by atoms with Crippen LogP contribution in [0.15, 0.2) is 48.5 Å². The Hall–Kier alpha value is -1.05. The van der Waals surface area contributed by atoms with Gasteiger partial charge in [-0.25, -0.2) is 4.39 Å². The molecule has 0 heterocycles. The van der Waals surface area contributed by atoms with Gasteiger partial charge in [-0.15, -0.1) is 11.6 Å². The maximum Gasteiger partial charge on any atom is 0.123 e. The van der Waals surface area contributed by atoms with Crippen molar-refractivity contribution in [3.05, 3.63) is 70.5 Å². The minimum Gasteiger partial charge on any atom is -0.207 e. The Labute approximate surface area is 123 Å². The number of rotatable bonds is 5. The van der Waals surface area contributed by atoms with Gasteiger partial charge in [-0.2, -0.15) is 0 Å². The quantitative estimate of drug-likeness (QED) is 0.672. The molecule has 0 nitrogen and oxygen atoms in total. The van der Waals surface area contributed by atoms with Crippen LogP contribution in [0.25, 0.3) is 0 Å². The first kappa shape index (κ1) is 14.4. The molecule has 19 heavy (non-hydrogen) atoms. The van der Waals surface area contributed by atoms with Gasteiger partial charge in [0.25, 0.3) is 0 Å². The number of hydrogen-bond donors (Lipinski definition) is 0. The van der Waals surface area contributed by atoms with Crippen molar-refractivity contribution < 1.29 is 4.39 Å². The van der Waals surface area contributed by atoms with Gasteiger partial charge in [0.2, 0.25) is 0 Å². The molecule has 2 aromatic carbocycles. The van der Waals surface area contributed by atoms with Crippen molar-refractivity contribution in [2.24, 2.45) is 5.92 Å². The molecule has 0 aromatic heterocycles. The Morgan fingerprint density at radius 2 is 1.58 bits per heavy atom. The lowest BCUT2D eigenvalue weighted by Crippen LogP contribution is -2.10. The Balaban J connectivity index is 2.04. The fourth-order valence-electron chi connectivity index (χ4n) is 2.18. The highest BCUT2D eigenvalue weighted by molar-refractivity contribution is 6.30. The van der Waals surface area contributed by atoms with Gasteiger partial charge in [-0.05, 0) is 54.2 Å². The zero-order valence-corrected chi connectivity index (χ0v) is 12.0. The van der Waals surface area contributed by atoms with E-state index in [1.807, 2.05) is 30.3 Å². The van der Waals surface area contributed by atoms with Crippen molar-refractivity contribution in [2.45, 2.75) is 12.8 Å². The lowest BCUT2D eigenvalue weighted by molar-refractivity contribution is 0.576. The van der Waals surface area contributed by atoms with E-state index in [-0.39, 0.29) is 11.7 Å². The molecule has 3 heteroatoms. The van der Waals surface area contributed by atoms with Gasteiger partial charge >= 0.3 is 0 Å². The first-order valence-corrected chi connectivity index (χ1v) is 7.13. The largest absolute Gasteiger partial charge is 0.207 e. The van der Waals surface area contributed by atoms with Gasteiger partial charge in [0.15, 0.2) is 0 Å². The molecular formula is C16H15Cl2F. The molecule has 1 unspecified atom stereocenters. The van der Waals surface area contributed by atoms with E-state index < -0.39 is 0 Å². The van der Waals surface area contributed by atoms with Gasteiger partial charge in [0.05, 0.1) is 0 Å². The Kier molecular flexibility index (Phi) is 5.24. The maximum atomic E-state index is 13.2. The van der Waals surface area contributed by atoms with E-state index in [4.69, 9.17) is 23.2 Å². The average molecular weight is 297 g/mol. The van der Waals surface area contributed by atoms with Crippen LogP contribution in [0, 0.1) is 11.7 Å². The standard InChI is InChI=1S/C16H15Cl2F/c17-11-14(7-12-3-1-5-15(18)9-12)8-13-4-2-6-16(19)10-13/h1-6,9-10,14H,7-8,11H2. The highest BCUT2D eigenvalue weighted by Gasteiger charge is 2.10. The first-order valence-electron chi connectivity index (χ1n) is 6.22. The second-order valence-corrected chi connectivity index (χ2v) is 5.43. The third-order valence-electron chi connectivity index (χ3n) is 3.05. The van der Waals surface area contributed by atoms with Crippen molar-refractivity contribution in [3.63, 3.8) is 0 Å². The van der Waals surface area contributed by atoms with Gasteiger partial charge in [0.1, 0.15) is 5.82 Å². The minimum absolute atomic E-state index is 0.200. The third-order valence-corrected chi connectivity index (χ3v) is 3.72. The molecule has 2 aromatic rings. The van der Waals surface area contributed by atoms with Crippen molar-refractivity contribution in [1.29, 1.82) is 0 Å². The molecule has 0 radical (unpaired) electrons. The number of halogens is 3. The highest BCUT2D eigenvalue weighted by Crippen LogP contribution is 2.19. The van der Waals surface area contributed by atoms with Gasteiger partial charge < -0.3 is 0 Å². The van der Waals surface area contributed by atoms with Gasteiger partial charge in [0, 0.05) is 10.9 Å². The number of hydrogen-bond acceptors (Lipinski definition) is 0. The van der Waals surface area contributed by atoms with Crippen LogP contribution in [0.2, 0.25) is 5.02 Å². The summed E-state index contributed by atoms with van der Waals surface area (Å²) in [6.45, 7) is 0. The second kappa shape index (κ2) is 6.93. The van der Waals surface area contributed by atoms with Crippen LogP contribution < -0.4 is 0 Å². The minimum atomic E-state index is -0.200. The summed E-state index contributed by atoms with van der Waals surface area (Å²) < 4.78 is 13.2. The lowest BCUT2D eigenvalue weighted by atomic mass is 9.94. The topological polar surface area (TPSA) is 0 Å². The SMILES string of the molecule is Fc1cccc(CC(CCl)Cc2cccc(Cl)c2)c1. The summed E-state index contributed by atoms with van der Waals surface area (Å²) in [6, 6.07) is 14.5. The highest BCUT2D eigenvalue weighted by atomic mass is 35.5. The maximum absolute atomic E-state index is 13.2. The van der Waals surface area contributed by atoms with E-state index in [9.17, 15) is 4.39 Å². The molecule has 0 spiro atoms. The average Bonchev–Trinajstić information content (AvgIpc) is 2.38. The van der Waals surface area contributed by atoms with Crippen LogP contribution in [0.1, 0.15) is 11.1 Å². The van der Waals surface area contributed by atoms with Crippen LogP contribution in [0.3, 0.4) is 0 Å². The van der Waals surface area contributed by atoms with E-state index in [1.165, 1.54) is 6.07 Å². The third kappa shape index (κ3) is 4.52. The number of benzene rings is 2. The molecule has 0 amide bonds. The summed E-state index contributed by atoms with van der Waals surface area (Å²) in [7, 11) is 0. The van der Waals surface area contributed by atoms with Crippen LogP contribution in [0.5, 0.6) is 0 Å². The summed E-state index contributed by atoms with van der Waals surface area (Å²) in [5.74, 6) is 0.624. The molecule has 0 saturated carbocycles. The molecule has 100 valence electrons. The molecule has 0 aliphatic rings. The molecule has 1 atom stereocenters. The smallest absolute Gasteiger partial charge is 0.123 e. The molecular weight excluding hydrogens is 282 g/mol. The molecule has 0 aliphatic heterocycles. The monoisotopic (exact) mass is 296 g/mol. The molecule has 0 N–H and O–H groups in total. The van der Waals surface area contributed by atoms with E-state index in [0.29, 0.717) is 5.88 Å². The number of alkyl halides is 1. The van der Waals surface area contributed by atoms with Crippen LogP contribution in [0.4, 0.5) is 4.39 Å². The molecule has 0 bridgehead atoms. The fourth-order valence-corrected chi connectivity index (χ4v) is 2.61. The van der Waals surface area contributed by atoms with Crippen molar-refractivity contribution in [3.8, 4) is 0 Å². The van der Waals surface area contributed by atoms with Crippen LogP contribution >= 0.6 is 23.2 Å². The van der Waals surface area contributed by atoms with Crippen LogP contribution in [-0.2, 0) is 12.8 Å². The Bertz CT molecular complexity index is 492. The Morgan fingerprint density at radius 3 is 2.16 bits per heavy atom. The molecule has 2 rings (SSSR count). The normalized spacial score (nSPS) is 12.4. The summed E-state index contributed by atoms with van der Waals surface area (Å²) in [5.41, 5.74) is 2.14. The summed E-state index contributed by atoms with van der Waals surface area (Å²) in [6.07, 6.45) is 1.62. The van der Waals surface area contributed by atoms with Crippen molar-refractivity contribution in [2.75, 3.05) is 5.88 Å².